The Labute approximate surface area is 197 Å². The van der Waals surface area contributed by atoms with Crippen molar-refractivity contribution in [3.05, 3.63) is 23.7 Å². The summed E-state index contributed by atoms with van der Waals surface area (Å²) in [6.07, 6.45) is 3.84. The zero-order valence-electron chi connectivity index (χ0n) is 19.3. The maximum absolute atomic E-state index is 6.12. The third kappa shape index (κ3) is 9.75. The molecule has 4 N–H and O–H groups in total. The molecule has 1 aliphatic rings. The highest BCUT2D eigenvalue weighted by molar-refractivity contribution is 7.80. The van der Waals surface area contributed by atoms with Crippen LogP contribution in [0.1, 0.15) is 64.5 Å². The van der Waals surface area contributed by atoms with Crippen molar-refractivity contribution in [1.29, 1.82) is 0 Å². The van der Waals surface area contributed by atoms with Gasteiger partial charge in [0.15, 0.2) is 10.9 Å². The van der Waals surface area contributed by atoms with E-state index in [-0.39, 0.29) is 6.04 Å². The molecule has 1 aromatic heterocycles. The molecule has 2 rings (SSSR count). The van der Waals surface area contributed by atoms with Crippen LogP contribution in [-0.2, 0) is 0 Å². The van der Waals surface area contributed by atoms with Crippen molar-refractivity contribution in [2.45, 2.75) is 53.0 Å². The topological polar surface area (TPSA) is 89.2 Å². The third-order valence-electron chi connectivity index (χ3n) is 4.73. The van der Waals surface area contributed by atoms with Gasteiger partial charge in [0.25, 0.3) is 0 Å². The third-order valence-corrected chi connectivity index (χ3v) is 5.13. The van der Waals surface area contributed by atoms with Crippen molar-refractivity contribution in [2.75, 3.05) is 33.2 Å². The number of hydrazone groups is 2. The molecule has 0 aromatic carbocycles. The molecule has 1 aromatic rings. The molecule has 8 nitrogen and oxygen atoms in total. The van der Waals surface area contributed by atoms with E-state index in [9.17, 15) is 0 Å². The molecule has 31 heavy (non-hydrogen) atoms. The molecule has 0 aliphatic carbocycles. The number of nitrogens with zero attached hydrogens (tertiary/aromatic N) is 3. The van der Waals surface area contributed by atoms with Crippen molar-refractivity contribution in [3.8, 4) is 0 Å². The molecular formula is C21H37N7OS2. The molecule has 1 atom stereocenters. The summed E-state index contributed by atoms with van der Waals surface area (Å²) in [4.78, 5) is 2.47. The minimum Gasteiger partial charge on any atom is -0.458 e. The first-order valence-corrected chi connectivity index (χ1v) is 11.7. The monoisotopic (exact) mass is 467 g/mol. The van der Waals surface area contributed by atoms with Gasteiger partial charge in [-0.3, -0.25) is 10.3 Å². The lowest BCUT2D eigenvalue weighted by molar-refractivity contribution is 0.157. The van der Waals surface area contributed by atoms with Gasteiger partial charge in [0.2, 0.25) is 0 Å². The average molecular weight is 468 g/mol. The predicted molar refractivity (Wildman–Crippen MR) is 138 cm³/mol. The summed E-state index contributed by atoms with van der Waals surface area (Å²) in [5.41, 5.74) is 8.49. The minimum atomic E-state index is 0.261. The molecular weight excluding hydrogens is 430 g/mol. The standard InChI is InChI=1S/C18H30N6OS.C3H7NS/c1-5-20-18(26)23-21-13(2)17(22-19-4)16-10-9-15(25-16)14(3)24-11-7-6-8-12-24;1-2-4-3-5/h9-10,14,19H,5-8,11-12H2,1-4H3,(H2,20,23,26);3H,2H2,1H3,(H,4,5)/b21-13+,22-17-;. The van der Waals surface area contributed by atoms with Crippen LogP contribution in [0, 0.1) is 0 Å². The Morgan fingerprint density at radius 3 is 2.45 bits per heavy atom. The molecule has 0 radical (unpaired) electrons. The highest BCUT2D eigenvalue weighted by Crippen LogP contribution is 2.26. The summed E-state index contributed by atoms with van der Waals surface area (Å²) < 4.78 is 6.12. The largest absolute Gasteiger partial charge is 0.458 e. The molecule has 174 valence electrons. The molecule has 1 unspecified atom stereocenters. The molecule has 0 bridgehead atoms. The van der Waals surface area contributed by atoms with Gasteiger partial charge < -0.3 is 20.5 Å². The second-order valence-electron chi connectivity index (χ2n) is 7.00. The second-order valence-corrected chi connectivity index (χ2v) is 7.65. The van der Waals surface area contributed by atoms with E-state index in [0.29, 0.717) is 22.3 Å². The van der Waals surface area contributed by atoms with Crippen molar-refractivity contribution in [2.24, 2.45) is 10.2 Å². The lowest BCUT2D eigenvalue weighted by atomic mass is 10.1. The van der Waals surface area contributed by atoms with Gasteiger partial charge >= 0.3 is 0 Å². The summed E-state index contributed by atoms with van der Waals surface area (Å²) in [6, 6.07) is 4.24. The van der Waals surface area contributed by atoms with Gasteiger partial charge in [-0.1, -0.05) is 18.6 Å². The van der Waals surface area contributed by atoms with E-state index in [1.165, 1.54) is 24.8 Å². The Morgan fingerprint density at radius 2 is 1.90 bits per heavy atom. The number of furan rings is 1. The second kappa shape index (κ2) is 15.7. The first kappa shape index (κ1) is 27.0. The van der Waals surface area contributed by atoms with Gasteiger partial charge in [0.05, 0.1) is 17.2 Å². The number of piperidine rings is 1. The quantitative estimate of drug-likeness (QED) is 0.250. The van der Waals surface area contributed by atoms with Gasteiger partial charge in [-0.2, -0.15) is 10.2 Å². The van der Waals surface area contributed by atoms with E-state index < -0.39 is 0 Å². The first-order valence-electron chi connectivity index (χ1n) is 10.8. The highest BCUT2D eigenvalue weighted by Gasteiger charge is 2.22. The van der Waals surface area contributed by atoms with Crippen LogP contribution in [0.5, 0.6) is 0 Å². The summed E-state index contributed by atoms with van der Waals surface area (Å²) in [7, 11) is 1.75. The molecule has 1 aliphatic heterocycles. The van der Waals surface area contributed by atoms with Crippen LogP contribution < -0.4 is 21.5 Å². The van der Waals surface area contributed by atoms with Crippen LogP contribution in [0.4, 0.5) is 0 Å². The van der Waals surface area contributed by atoms with Crippen LogP contribution in [0.15, 0.2) is 26.8 Å². The Bertz CT molecular complexity index is 727. The van der Waals surface area contributed by atoms with E-state index >= 15 is 0 Å². The number of hydrogen-bond donors (Lipinski definition) is 4. The predicted octanol–water partition coefficient (Wildman–Crippen LogP) is 3.16. The zero-order chi connectivity index (χ0) is 23.1. The smallest absolute Gasteiger partial charge is 0.186 e. The van der Waals surface area contributed by atoms with Crippen molar-refractivity contribution >= 4 is 46.5 Å². The lowest BCUT2D eigenvalue weighted by Gasteiger charge is -2.31. The maximum atomic E-state index is 6.12. The summed E-state index contributed by atoms with van der Waals surface area (Å²) in [6.45, 7) is 12.0. The van der Waals surface area contributed by atoms with E-state index in [2.05, 4.69) is 55.7 Å². The van der Waals surface area contributed by atoms with E-state index in [1.807, 2.05) is 32.9 Å². The van der Waals surface area contributed by atoms with Crippen LogP contribution in [-0.4, -0.2) is 60.2 Å². The summed E-state index contributed by atoms with van der Waals surface area (Å²) >= 11 is 9.55. The maximum Gasteiger partial charge on any atom is 0.186 e. The Hall–Kier alpha value is -2.04. The molecule has 0 saturated carbocycles. The lowest BCUT2D eigenvalue weighted by Crippen LogP contribution is -2.33. The highest BCUT2D eigenvalue weighted by atomic mass is 32.1. The van der Waals surface area contributed by atoms with Gasteiger partial charge in [-0.25, -0.2) is 0 Å². The fourth-order valence-corrected chi connectivity index (χ4v) is 3.44. The zero-order valence-corrected chi connectivity index (χ0v) is 21.0. The van der Waals surface area contributed by atoms with Crippen molar-refractivity contribution < 1.29 is 4.42 Å². The Balaban J connectivity index is 0.000000861. The minimum absolute atomic E-state index is 0.261. The Kier molecular flexibility index (Phi) is 13.7. The van der Waals surface area contributed by atoms with Gasteiger partial charge in [0.1, 0.15) is 11.5 Å². The van der Waals surface area contributed by atoms with E-state index in [0.717, 1.165) is 31.9 Å². The molecule has 1 fully saturated rings. The van der Waals surface area contributed by atoms with Crippen LogP contribution in [0.2, 0.25) is 0 Å². The molecule has 0 amide bonds. The fourth-order valence-electron chi connectivity index (χ4n) is 3.09. The van der Waals surface area contributed by atoms with Crippen LogP contribution in [0.3, 0.4) is 0 Å². The molecule has 0 spiro atoms. The SMILES string of the molecule is CCNC(=S)N/N=C(C)/C(=N/NC)c1ccc(C(C)N2CCCCC2)o1.CCNC=S. The number of hydrogen-bond acceptors (Lipinski definition) is 7. The van der Waals surface area contributed by atoms with Gasteiger partial charge in [-0.15, -0.1) is 0 Å². The summed E-state index contributed by atoms with van der Waals surface area (Å²) in [5.74, 6) is 1.64. The van der Waals surface area contributed by atoms with Gasteiger partial charge in [-0.05, 0) is 78.0 Å². The fraction of sp³-hybridized carbons (Fsp3) is 0.619. The molecule has 1 saturated heterocycles. The van der Waals surface area contributed by atoms with E-state index in [4.69, 9.17) is 16.6 Å². The van der Waals surface area contributed by atoms with Gasteiger partial charge in [0, 0.05) is 20.1 Å². The summed E-state index contributed by atoms with van der Waals surface area (Å²) in [5, 5.41) is 14.9. The number of thiocarbonyl (C=S) groups is 2. The number of likely N-dealkylation sites (tertiary alicyclic amines) is 1. The number of nitrogens with one attached hydrogen (secondary N) is 4. The first-order chi connectivity index (χ1) is 15.0. The average Bonchev–Trinajstić information content (AvgIpc) is 3.27. The van der Waals surface area contributed by atoms with Crippen LogP contribution in [0.25, 0.3) is 0 Å². The van der Waals surface area contributed by atoms with Crippen molar-refractivity contribution in [1.82, 2.24) is 26.4 Å². The van der Waals surface area contributed by atoms with E-state index in [1.54, 1.807) is 7.05 Å². The van der Waals surface area contributed by atoms with Crippen LogP contribution >= 0.6 is 24.4 Å². The normalized spacial score (nSPS) is 15.9. The molecule has 10 heteroatoms. The number of rotatable bonds is 9. The Morgan fingerprint density at radius 1 is 1.19 bits per heavy atom. The van der Waals surface area contributed by atoms with Crippen molar-refractivity contribution in [3.63, 3.8) is 0 Å². The molecule has 2 heterocycles.